The normalized spacial score (nSPS) is 11.8. The first-order valence-electron chi connectivity index (χ1n) is 6.29. The van der Waals surface area contributed by atoms with Crippen LogP contribution in [0.2, 0.25) is 0 Å². The number of sulfonamides is 1. The number of hydrogen-bond donors (Lipinski definition) is 2. The first kappa shape index (κ1) is 15.6. The lowest BCUT2D eigenvalue weighted by atomic mass is 10.2. The highest BCUT2D eigenvalue weighted by atomic mass is 32.2. The largest absolute Gasteiger partial charge is 0.392 e. The average Bonchev–Trinajstić information content (AvgIpc) is 2.83. The fourth-order valence-corrected chi connectivity index (χ4v) is 2.96. The number of benzene rings is 1. The highest BCUT2D eigenvalue weighted by molar-refractivity contribution is 7.89. The maximum atomic E-state index is 13.8. The van der Waals surface area contributed by atoms with Crippen molar-refractivity contribution < 1.29 is 17.9 Å². The monoisotopic (exact) mass is 313 g/mol. The van der Waals surface area contributed by atoms with Gasteiger partial charge in [0, 0.05) is 32.4 Å². The number of aryl methyl sites for hydroxylation is 1. The predicted molar refractivity (Wildman–Crippen MR) is 74.4 cm³/mol. The van der Waals surface area contributed by atoms with E-state index < -0.39 is 20.7 Å². The van der Waals surface area contributed by atoms with Crippen LogP contribution in [0.25, 0.3) is 0 Å². The van der Waals surface area contributed by atoms with E-state index in [9.17, 15) is 12.8 Å². The topological polar surface area (TPSA) is 84.2 Å². The highest BCUT2D eigenvalue weighted by Gasteiger charge is 2.19. The summed E-state index contributed by atoms with van der Waals surface area (Å²) in [7, 11) is -2.12. The summed E-state index contributed by atoms with van der Waals surface area (Å²) in [5.41, 5.74) is 0.319. The van der Waals surface area contributed by atoms with Crippen molar-refractivity contribution in [2.45, 2.75) is 17.9 Å². The van der Waals surface area contributed by atoms with Crippen LogP contribution in [0.15, 0.2) is 35.5 Å². The Balaban J connectivity index is 2.06. The molecule has 0 bridgehead atoms. The second-order valence-electron chi connectivity index (χ2n) is 4.53. The zero-order valence-corrected chi connectivity index (χ0v) is 12.3. The molecule has 0 aliphatic carbocycles. The van der Waals surface area contributed by atoms with Gasteiger partial charge in [0.2, 0.25) is 10.0 Å². The van der Waals surface area contributed by atoms with Gasteiger partial charge in [-0.25, -0.2) is 22.5 Å². The summed E-state index contributed by atoms with van der Waals surface area (Å²) in [4.78, 5) is 3.64. The molecular weight excluding hydrogens is 297 g/mol. The second kappa shape index (κ2) is 6.33. The number of rotatable bonds is 6. The fraction of sp³-hybridized carbons (Fsp3) is 0.308. The number of aliphatic hydroxyl groups is 1. The third kappa shape index (κ3) is 3.66. The predicted octanol–water partition coefficient (Wildman–Crippen LogP) is 0.572. The third-order valence-corrected chi connectivity index (χ3v) is 4.52. The van der Waals surface area contributed by atoms with Gasteiger partial charge in [0.05, 0.1) is 6.61 Å². The molecular formula is C13H16FN3O3S. The van der Waals surface area contributed by atoms with Crippen LogP contribution in [-0.2, 0) is 30.1 Å². The Morgan fingerprint density at radius 2 is 2.19 bits per heavy atom. The molecule has 8 heteroatoms. The minimum atomic E-state index is -3.93. The van der Waals surface area contributed by atoms with Crippen LogP contribution in [0.4, 0.5) is 4.39 Å². The molecule has 0 fully saturated rings. The molecule has 1 aromatic carbocycles. The number of nitrogens with zero attached hydrogens (tertiary/aromatic N) is 2. The molecule has 0 radical (unpaired) electrons. The van der Waals surface area contributed by atoms with Gasteiger partial charge in [-0.2, -0.15) is 0 Å². The second-order valence-corrected chi connectivity index (χ2v) is 6.26. The smallest absolute Gasteiger partial charge is 0.243 e. The van der Waals surface area contributed by atoms with Gasteiger partial charge in [0.15, 0.2) is 0 Å². The Morgan fingerprint density at radius 1 is 1.43 bits per heavy atom. The Morgan fingerprint density at radius 3 is 2.76 bits per heavy atom. The van der Waals surface area contributed by atoms with Crippen LogP contribution < -0.4 is 4.72 Å². The first-order valence-corrected chi connectivity index (χ1v) is 7.77. The van der Waals surface area contributed by atoms with E-state index in [2.05, 4.69) is 9.71 Å². The summed E-state index contributed by atoms with van der Waals surface area (Å²) < 4.78 is 41.9. The maximum Gasteiger partial charge on any atom is 0.243 e. The minimum Gasteiger partial charge on any atom is -0.392 e. The molecule has 1 aromatic heterocycles. The van der Waals surface area contributed by atoms with Gasteiger partial charge in [-0.3, -0.25) is 0 Å². The van der Waals surface area contributed by atoms with E-state index in [4.69, 9.17) is 5.11 Å². The van der Waals surface area contributed by atoms with Crippen molar-refractivity contribution in [3.63, 3.8) is 0 Å². The Kier molecular flexibility index (Phi) is 4.71. The van der Waals surface area contributed by atoms with Crippen LogP contribution in [0.1, 0.15) is 11.4 Å². The third-order valence-electron chi connectivity index (χ3n) is 3.03. The molecule has 0 amide bonds. The molecule has 1 heterocycles. The van der Waals surface area contributed by atoms with Crippen molar-refractivity contribution in [1.82, 2.24) is 14.3 Å². The number of nitrogens with one attached hydrogen (secondary N) is 1. The van der Waals surface area contributed by atoms with Gasteiger partial charge in [-0.1, -0.05) is 6.07 Å². The molecule has 0 unspecified atom stereocenters. The van der Waals surface area contributed by atoms with Crippen molar-refractivity contribution in [3.8, 4) is 0 Å². The van der Waals surface area contributed by atoms with E-state index in [-0.39, 0.29) is 13.2 Å². The molecule has 2 aromatic rings. The van der Waals surface area contributed by atoms with Crippen LogP contribution >= 0.6 is 0 Å². The lowest BCUT2D eigenvalue weighted by Gasteiger charge is -2.08. The van der Waals surface area contributed by atoms with Gasteiger partial charge in [0.25, 0.3) is 0 Å². The molecule has 0 saturated carbocycles. The van der Waals surface area contributed by atoms with E-state index in [1.54, 1.807) is 17.0 Å². The summed E-state index contributed by atoms with van der Waals surface area (Å²) in [6, 6.07) is 3.52. The van der Waals surface area contributed by atoms with Crippen molar-refractivity contribution >= 4 is 10.0 Å². The minimum absolute atomic E-state index is 0.119. The molecule has 0 aliphatic heterocycles. The standard InChI is InChI=1S/C13H16FN3O3S/c1-17-7-6-15-13(17)4-5-16-21(19,20)12-3-2-10(9-18)8-11(12)14/h2-3,6-8,16,18H,4-5,9H2,1H3. The zero-order chi connectivity index (χ0) is 15.5. The van der Waals surface area contributed by atoms with E-state index in [0.717, 1.165) is 18.0 Å². The van der Waals surface area contributed by atoms with Crippen molar-refractivity contribution in [2.75, 3.05) is 6.54 Å². The average molecular weight is 313 g/mol. The van der Waals surface area contributed by atoms with E-state index in [1.807, 2.05) is 7.05 Å². The lowest BCUT2D eigenvalue weighted by molar-refractivity contribution is 0.281. The summed E-state index contributed by atoms with van der Waals surface area (Å²) in [5.74, 6) is -0.153. The molecule has 2 N–H and O–H groups in total. The quantitative estimate of drug-likeness (QED) is 0.817. The van der Waals surface area contributed by atoms with Crippen molar-refractivity contribution in [2.24, 2.45) is 7.05 Å². The van der Waals surface area contributed by atoms with Gasteiger partial charge in [0.1, 0.15) is 16.5 Å². The molecule has 21 heavy (non-hydrogen) atoms. The van der Waals surface area contributed by atoms with Gasteiger partial charge < -0.3 is 9.67 Å². The number of imidazole rings is 1. The molecule has 6 nitrogen and oxygen atoms in total. The number of aromatic nitrogens is 2. The van der Waals surface area contributed by atoms with Crippen molar-refractivity contribution in [1.29, 1.82) is 0 Å². The first-order chi connectivity index (χ1) is 9.94. The summed E-state index contributed by atoms with van der Waals surface area (Å²) >= 11 is 0. The molecule has 0 saturated heterocycles. The van der Waals surface area contributed by atoms with Crippen LogP contribution in [0, 0.1) is 5.82 Å². The summed E-state index contributed by atoms with van der Waals surface area (Å²) in [5, 5.41) is 8.89. The molecule has 0 atom stereocenters. The van der Waals surface area contributed by atoms with Crippen LogP contribution in [-0.4, -0.2) is 29.6 Å². The summed E-state index contributed by atoms with van der Waals surface area (Å²) in [6.07, 6.45) is 3.79. The Labute approximate surface area is 122 Å². The molecule has 0 aliphatic rings. The van der Waals surface area contributed by atoms with Crippen LogP contribution in [0.3, 0.4) is 0 Å². The van der Waals surface area contributed by atoms with Crippen LogP contribution in [0.5, 0.6) is 0 Å². The van der Waals surface area contributed by atoms with Gasteiger partial charge in [-0.15, -0.1) is 0 Å². The lowest BCUT2D eigenvalue weighted by Crippen LogP contribution is -2.27. The molecule has 2 rings (SSSR count). The molecule has 0 spiro atoms. The van der Waals surface area contributed by atoms with Crippen molar-refractivity contribution in [3.05, 3.63) is 47.8 Å². The number of aliphatic hydroxyl groups excluding tert-OH is 1. The van der Waals surface area contributed by atoms with Gasteiger partial charge >= 0.3 is 0 Å². The van der Waals surface area contributed by atoms with E-state index >= 15 is 0 Å². The van der Waals surface area contributed by atoms with E-state index in [0.29, 0.717) is 12.0 Å². The highest BCUT2D eigenvalue weighted by Crippen LogP contribution is 2.16. The SMILES string of the molecule is Cn1ccnc1CCNS(=O)(=O)c1ccc(CO)cc1F. The Bertz CT molecular complexity index is 728. The van der Waals surface area contributed by atoms with E-state index in [1.165, 1.54) is 6.07 Å². The summed E-state index contributed by atoms with van der Waals surface area (Å²) in [6.45, 7) is -0.224. The number of hydrogen-bond acceptors (Lipinski definition) is 4. The maximum absolute atomic E-state index is 13.8. The zero-order valence-electron chi connectivity index (χ0n) is 11.5. The van der Waals surface area contributed by atoms with Gasteiger partial charge in [-0.05, 0) is 17.7 Å². The Hall–Kier alpha value is -1.77. The molecule has 114 valence electrons. The fourth-order valence-electron chi connectivity index (χ4n) is 1.87. The number of halogens is 1.